The third kappa shape index (κ3) is 6.28. The summed E-state index contributed by atoms with van der Waals surface area (Å²) in [5, 5.41) is 0. The van der Waals surface area contributed by atoms with Crippen LogP contribution in [0, 0.1) is 0 Å². The van der Waals surface area contributed by atoms with Gasteiger partial charge in [0.05, 0.1) is 18.4 Å². The molecule has 0 saturated carbocycles. The van der Waals surface area contributed by atoms with Crippen molar-refractivity contribution in [2.45, 2.75) is 71.6 Å². The van der Waals surface area contributed by atoms with E-state index < -0.39 is 0 Å². The fraction of sp³-hybridized carbons (Fsp3) is 0.197. The van der Waals surface area contributed by atoms with Gasteiger partial charge < -0.3 is 14.5 Å². The lowest BCUT2D eigenvalue weighted by Gasteiger charge is -2.44. The van der Waals surface area contributed by atoms with Gasteiger partial charge in [-0.3, -0.25) is 9.30 Å². The van der Waals surface area contributed by atoms with Crippen LogP contribution in [0.2, 0.25) is 0 Å². The molecule has 334 valence electrons. The molecule has 0 N–H and O–H groups in total. The molecule has 4 heterocycles. The molecule has 1 aliphatic carbocycles. The Hall–Kier alpha value is -7.51. The minimum absolute atomic E-state index is 0.0124. The minimum atomic E-state index is -0.174. The molecule has 68 heavy (non-hydrogen) atoms. The molecule has 0 atom stereocenters. The first-order valence-electron chi connectivity index (χ1n) is 23.9. The molecule has 0 radical (unpaired) electrons. The maximum Gasteiger partial charge on any atom is 0.277 e. The first-order chi connectivity index (χ1) is 32.7. The van der Waals surface area contributed by atoms with Gasteiger partial charge in [-0.15, -0.1) is 0 Å². The quantitative estimate of drug-likeness (QED) is 0.156. The number of aromatic nitrogens is 2. The summed E-state index contributed by atoms with van der Waals surface area (Å²) in [6.45, 7) is 18.4. The zero-order chi connectivity index (χ0) is 46.9. The smallest absolute Gasteiger partial charge is 0.277 e. The monoisotopic (exact) mass is 885 g/mol. The third-order valence-corrected chi connectivity index (χ3v) is 14.8. The molecule has 7 aromatic carbocycles. The van der Waals surface area contributed by atoms with Crippen LogP contribution in [0.25, 0.3) is 16.8 Å². The molecule has 0 spiro atoms. The number of anilines is 9. The molecule has 6 nitrogen and oxygen atoms in total. The van der Waals surface area contributed by atoms with Crippen molar-refractivity contribution >= 4 is 80.2 Å². The summed E-state index contributed by atoms with van der Waals surface area (Å²) in [5.74, 6) is 1.81. The molecule has 7 heteroatoms. The van der Waals surface area contributed by atoms with E-state index in [9.17, 15) is 0 Å². The Balaban J connectivity index is 1.17. The Morgan fingerprint density at radius 1 is 0.574 bits per heavy atom. The number of imidazole rings is 1. The van der Waals surface area contributed by atoms with Crippen molar-refractivity contribution in [1.82, 2.24) is 9.38 Å². The predicted octanol–water partition coefficient (Wildman–Crippen LogP) is 13.8. The van der Waals surface area contributed by atoms with Crippen LogP contribution in [-0.2, 0) is 16.2 Å². The minimum Gasteiger partial charge on any atom is -0.497 e. The molecule has 2 aliphatic heterocycles. The van der Waals surface area contributed by atoms with Gasteiger partial charge in [-0.05, 0) is 122 Å². The van der Waals surface area contributed by atoms with E-state index in [0.717, 1.165) is 68.3 Å². The lowest BCUT2D eigenvalue weighted by molar-refractivity contribution is 0.414. The van der Waals surface area contributed by atoms with Gasteiger partial charge in [0.25, 0.3) is 6.71 Å². The maximum atomic E-state index is 5.80. The summed E-state index contributed by atoms with van der Waals surface area (Å²) in [6.07, 6.45) is 2.11. The van der Waals surface area contributed by atoms with E-state index in [1.807, 2.05) is 6.07 Å². The summed E-state index contributed by atoms with van der Waals surface area (Å²) >= 11 is 0. The first-order valence-corrected chi connectivity index (χ1v) is 23.9. The number of ether oxygens (including phenoxy) is 1. The predicted molar refractivity (Wildman–Crippen MR) is 285 cm³/mol. The van der Waals surface area contributed by atoms with Crippen LogP contribution in [0.3, 0.4) is 0 Å². The highest BCUT2D eigenvalue weighted by Gasteiger charge is 2.47. The van der Waals surface area contributed by atoms with Crippen LogP contribution < -0.4 is 36.0 Å². The van der Waals surface area contributed by atoms with Crippen molar-refractivity contribution in [2.24, 2.45) is 0 Å². The van der Waals surface area contributed by atoms with Gasteiger partial charge in [0.2, 0.25) is 0 Å². The number of pyridine rings is 1. The Kier molecular flexibility index (Phi) is 9.24. The van der Waals surface area contributed by atoms with Crippen LogP contribution >= 0.6 is 0 Å². The molecule has 0 bridgehead atoms. The normalized spacial score (nSPS) is 14.3. The molecule has 0 saturated heterocycles. The van der Waals surface area contributed by atoms with Crippen LogP contribution in [0.1, 0.15) is 77.6 Å². The van der Waals surface area contributed by atoms with Crippen molar-refractivity contribution in [2.75, 3.05) is 21.8 Å². The molecule has 3 aliphatic rings. The van der Waals surface area contributed by atoms with Gasteiger partial charge >= 0.3 is 0 Å². The summed E-state index contributed by atoms with van der Waals surface area (Å²) in [6, 6.07) is 63.0. The van der Waals surface area contributed by atoms with Crippen LogP contribution in [0.4, 0.5) is 51.3 Å². The lowest BCUT2D eigenvalue weighted by Crippen LogP contribution is -2.62. The second-order valence-electron chi connectivity index (χ2n) is 21.3. The van der Waals surface area contributed by atoms with Crippen molar-refractivity contribution in [1.29, 1.82) is 0 Å². The van der Waals surface area contributed by atoms with Gasteiger partial charge in [-0.1, -0.05) is 146 Å². The number of methoxy groups -OCH3 is 1. The van der Waals surface area contributed by atoms with E-state index in [4.69, 9.17) is 9.72 Å². The van der Waals surface area contributed by atoms with Crippen molar-refractivity contribution in [3.8, 4) is 16.9 Å². The largest absolute Gasteiger partial charge is 0.497 e. The van der Waals surface area contributed by atoms with E-state index >= 15 is 0 Å². The first kappa shape index (κ1) is 41.9. The Morgan fingerprint density at radius 2 is 1.19 bits per heavy atom. The molecule has 0 fully saturated rings. The van der Waals surface area contributed by atoms with E-state index in [0.29, 0.717) is 0 Å². The van der Waals surface area contributed by atoms with Gasteiger partial charge in [0, 0.05) is 63.1 Å². The number of para-hydroxylation sites is 2. The summed E-state index contributed by atoms with van der Waals surface area (Å²) < 4.78 is 8.04. The Morgan fingerprint density at radius 3 is 1.87 bits per heavy atom. The van der Waals surface area contributed by atoms with Crippen LogP contribution in [0.5, 0.6) is 5.75 Å². The molecule has 2 aromatic heterocycles. The topological polar surface area (TPSA) is 36.3 Å². The Bertz CT molecular complexity index is 3450. The maximum absolute atomic E-state index is 5.80. The standard InChI is InChI=1S/C61H56BN5O/c1-59(2,3)39-27-29-43(30-28-39)65(50-26-18-25-48-55(50)46-23-16-17-24-47(46)61(48,7)8)44-31-32-49-51(37-44)66(41-19-12-10-13-20-41)52-35-40(60(4,5)6)36-53-56(52)62(49)57-58(67(53)42-21-14-11-15-22-42)64-34-33-45(68-9)38-54(64)63-57/h10-38H,1-9H3. The van der Waals surface area contributed by atoms with Gasteiger partial charge in [0.1, 0.15) is 17.2 Å². The van der Waals surface area contributed by atoms with Gasteiger partial charge in [0.15, 0.2) is 0 Å². The summed E-state index contributed by atoms with van der Waals surface area (Å²) in [4.78, 5) is 13.1. The molecular formula is C61H56BN5O. The summed E-state index contributed by atoms with van der Waals surface area (Å²) in [7, 11) is 1.72. The zero-order valence-electron chi connectivity index (χ0n) is 40.5. The van der Waals surface area contributed by atoms with Crippen LogP contribution in [-0.4, -0.2) is 23.2 Å². The molecular weight excluding hydrogens is 830 g/mol. The number of benzene rings is 7. The number of hydrogen-bond donors (Lipinski definition) is 0. The molecule has 0 unspecified atom stereocenters. The summed E-state index contributed by atoms with van der Waals surface area (Å²) in [5.41, 5.74) is 20.8. The van der Waals surface area contributed by atoms with Gasteiger partial charge in [-0.2, -0.15) is 0 Å². The second-order valence-corrected chi connectivity index (χ2v) is 21.3. The fourth-order valence-electron chi connectivity index (χ4n) is 11.2. The average molecular weight is 886 g/mol. The van der Waals surface area contributed by atoms with Crippen LogP contribution in [0.15, 0.2) is 176 Å². The van der Waals surface area contributed by atoms with Crippen molar-refractivity contribution < 1.29 is 4.74 Å². The highest BCUT2D eigenvalue weighted by Crippen LogP contribution is 2.55. The fourth-order valence-corrected chi connectivity index (χ4v) is 11.2. The average Bonchev–Trinajstić information content (AvgIpc) is 3.83. The molecule has 12 rings (SSSR count). The van der Waals surface area contributed by atoms with E-state index in [1.165, 1.54) is 44.3 Å². The van der Waals surface area contributed by atoms with E-state index in [1.54, 1.807) is 7.11 Å². The van der Waals surface area contributed by atoms with E-state index in [2.05, 4.69) is 244 Å². The lowest BCUT2D eigenvalue weighted by atomic mass is 9.35. The highest BCUT2D eigenvalue weighted by atomic mass is 16.5. The highest BCUT2D eigenvalue weighted by molar-refractivity contribution is 7.00. The van der Waals surface area contributed by atoms with Crippen molar-refractivity contribution in [3.63, 3.8) is 0 Å². The molecule has 0 amide bonds. The molecule has 9 aromatic rings. The third-order valence-electron chi connectivity index (χ3n) is 14.8. The number of rotatable bonds is 6. The van der Waals surface area contributed by atoms with Crippen molar-refractivity contribution in [3.05, 3.63) is 198 Å². The SMILES string of the molecule is COc1ccn2c3c(nc2c1)B1c2ccc(N(c4ccc(C(C)(C)C)cc4)c4cccc5c4-c4ccccc4C5(C)C)cc2N(c2ccccc2)c2cc(C(C)(C)C)cc(c21)N3c1ccccc1. The number of hydrogen-bond acceptors (Lipinski definition) is 5. The van der Waals surface area contributed by atoms with Gasteiger partial charge in [-0.25, -0.2) is 4.98 Å². The zero-order valence-corrected chi connectivity index (χ0v) is 40.5. The number of nitrogens with zero attached hydrogens (tertiary/aromatic N) is 5. The van der Waals surface area contributed by atoms with E-state index in [-0.39, 0.29) is 23.0 Å². The Labute approximate surface area is 401 Å². The second kappa shape index (κ2) is 15.0. The number of fused-ring (bicyclic) bond motifs is 9.